The largest absolute Gasteiger partial charge is 0.634 e. The highest BCUT2D eigenvalue weighted by Gasteiger charge is 2.09. The van der Waals surface area contributed by atoms with E-state index >= 15 is 0 Å². The molecular formula is C8H10BFO3. The van der Waals surface area contributed by atoms with Crippen molar-refractivity contribution < 1.29 is 19.1 Å². The lowest BCUT2D eigenvalue weighted by atomic mass is 10.1. The molecule has 0 atom stereocenters. The first-order valence-electron chi connectivity index (χ1n) is 3.82. The van der Waals surface area contributed by atoms with Gasteiger partial charge in [-0.25, -0.2) is 4.39 Å². The van der Waals surface area contributed by atoms with Crippen molar-refractivity contribution in [2.24, 2.45) is 0 Å². The number of halogens is 1. The van der Waals surface area contributed by atoms with Crippen LogP contribution in [0.5, 0.6) is 0 Å². The van der Waals surface area contributed by atoms with E-state index in [0.29, 0.717) is 5.56 Å². The lowest BCUT2D eigenvalue weighted by Crippen LogP contribution is -2.16. The topological polar surface area (TPSA) is 49.7 Å². The van der Waals surface area contributed by atoms with Crippen molar-refractivity contribution in [1.82, 2.24) is 0 Å². The molecule has 0 amide bonds. The Morgan fingerprint density at radius 1 is 1.46 bits per heavy atom. The SMILES string of the molecule is Cc1ccc(F)cc1COB(O)O. The fourth-order valence-corrected chi connectivity index (χ4v) is 0.960. The van der Waals surface area contributed by atoms with E-state index in [9.17, 15) is 4.39 Å². The Morgan fingerprint density at radius 3 is 2.77 bits per heavy atom. The maximum absolute atomic E-state index is 12.7. The van der Waals surface area contributed by atoms with Gasteiger partial charge in [-0.1, -0.05) is 6.07 Å². The molecule has 0 spiro atoms. The van der Waals surface area contributed by atoms with Crippen LogP contribution in [0, 0.1) is 12.7 Å². The zero-order valence-electron chi connectivity index (χ0n) is 7.20. The first-order chi connectivity index (χ1) is 6.09. The molecule has 0 aliphatic carbocycles. The summed E-state index contributed by atoms with van der Waals surface area (Å²) < 4.78 is 17.2. The van der Waals surface area contributed by atoms with E-state index in [1.54, 1.807) is 13.0 Å². The van der Waals surface area contributed by atoms with Gasteiger partial charge in [0, 0.05) is 0 Å². The lowest BCUT2D eigenvalue weighted by Gasteiger charge is -2.06. The van der Waals surface area contributed by atoms with Crippen LogP contribution in [-0.4, -0.2) is 17.4 Å². The van der Waals surface area contributed by atoms with Crippen molar-refractivity contribution in [3.63, 3.8) is 0 Å². The van der Waals surface area contributed by atoms with Gasteiger partial charge >= 0.3 is 7.32 Å². The molecular weight excluding hydrogens is 174 g/mol. The first kappa shape index (κ1) is 10.2. The predicted molar refractivity (Wildman–Crippen MR) is 46.1 cm³/mol. The van der Waals surface area contributed by atoms with Crippen molar-refractivity contribution in [2.75, 3.05) is 0 Å². The molecule has 70 valence electrons. The van der Waals surface area contributed by atoms with Crippen molar-refractivity contribution in [3.8, 4) is 0 Å². The Kier molecular flexibility index (Phi) is 3.42. The summed E-state index contributed by atoms with van der Waals surface area (Å²) in [6.07, 6.45) is 0. The molecule has 0 heterocycles. The van der Waals surface area contributed by atoms with Gasteiger partial charge in [0.05, 0.1) is 6.61 Å². The van der Waals surface area contributed by atoms with E-state index < -0.39 is 7.32 Å². The monoisotopic (exact) mass is 184 g/mol. The normalized spacial score (nSPS) is 10.2. The number of aryl methyl sites for hydroxylation is 1. The molecule has 0 radical (unpaired) electrons. The highest BCUT2D eigenvalue weighted by molar-refractivity contribution is 6.32. The van der Waals surface area contributed by atoms with Gasteiger partial charge in [0.1, 0.15) is 5.82 Å². The Bertz CT molecular complexity index is 291. The van der Waals surface area contributed by atoms with Gasteiger partial charge in [-0.05, 0) is 30.2 Å². The minimum Gasteiger partial charge on any atom is -0.402 e. The lowest BCUT2D eigenvalue weighted by molar-refractivity contribution is 0.176. The minimum atomic E-state index is -1.82. The van der Waals surface area contributed by atoms with E-state index in [0.717, 1.165) is 5.56 Å². The maximum atomic E-state index is 12.7. The second-order valence-electron chi connectivity index (χ2n) is 2.71. The molecule has 3 nitrogen and oxygen atoms in total. The van der Waals surface area contributed by atoms with Gasteiger partial charge < -0.3 is 14.7 Å². The van der Waals surface area contributed by atoms with E-state index in [1.165, 1.54) is 12.1 Å². The third-order valence-electron chi connectivity index (χ3n) is 1.70. The van der Waals surface area contributed by atoms with Crippen molar-refractivity contribution in [3.05, 3.63) is 35.1 Å². The van der Waals surface area contributed by atoms with Crippen LogP contribution < -0.4 is 0 Å². The van der Waals surface area contributed by atoms with Crippen LogP contribution in [0.15, 0.2) is 18.2 Å². The highest BCUT2D eigenvalue weighted by atomic mass is 19.1. The number of benzene rings is 1. The number of hydrogen-bond donors (Lipinski definition) is 2. The minimum absolute atomic E-state index is 0.0126. The molecule has 2 N–H and O–H groups in total. The molecule has 0 aliphatic heterocycles. The van der Waals surface area contributed by atoms with Gasteiger partial charge in [0.2, 0.25) is 0 Å². The van der Waals surface area contributed by atoms with E-state index in [4.69, 9.17) is 10.0 Å². The molecule has 13 heavy (non-hydrogen) atoms. The van der Waals surface area contributed by atoms with Crippen LogP contribution in [0.4, 0.5) is 4.39 Å². The maximum Gasteiger partial charge on any atom is 0.634 e. The fraction of sp³-hybridized carbons (Fsp3) is 0.250. The van der Waals surface area contributed by atoms with E-state index in [-0.39, 0.29) is 12.4 Å². The van der Waals surface area contributed by atoms with Gasteiger partial charge in [0.25, 0.3) is 0 Å². The summed E-state index contributed by atoms with van der Waals surface area (Å²) in [5.74, 6) is -0.364. The summed E-state index contributed by atoms with van der Waals surface area (Å²) in [5.41, 5.74) is 1.45. The Labute approximate surface area is 76.0 Å². The molecule has 0 aliphatic rings. The molecule has 0 fully saturated rings. The first-order valence-corrected chi connectivity index (χ1v) is 3.82. The Morgan fingerprint density at radius 2 is 2.15 bits per heavy atom. The molecule has 1 aromatic carbocycles. The predicted octanol–water partition coefficient (Wildman–Crippen LogP) is 0.620. The van der Waals surface area contributed by atoms with Crippen molar-refractivity contribution in [2.45, 2.75) is 13.5 Å². The second kappa shape index (κ2) is 4.36. The van der Waals surface area contributed by atoms with E-state index in [2.05, 4.69) is 4.65 Å². The molecule has 0 bridgehead atoms. The molecule has 1 aromatic rings. The Balaban J connectivity index is 2.70. The molecule has 0 saturated heterocycles. The average Bonchev–Trinajstić information content (AvgIpc) is 2.06. The summed E-state index contributed by atoms with van der Waals surface area (Å²) in [6.45, 7) is 1.78. The molecule has 5 heteroatoms. The fourth-order valence-electron chi connectivity index (χ4n) is 0.960. The Hall–Kier alpha value is -0.905. The van der Waals surface area contributed by atoms with Crippen LogP contribution in [0.2, 0.25) is 0 Å². The number of rotatable bonds is 3. The van der Waals surface area contributed by atoms with E-state index in [1.807, 2.05) is 0 Å². The van der Waals surface area contributed by atoms with Crippen molar-refractivity contribution in [1.29, 1.82) is 0 Å². The summed E-state index contributed by atoms with van der Waals surface area (Å²) in [6, 6.07) is 4.25. The third kappa shape index (κ3) is 3.14. The quantitative estimate of drug-likeness (QED) is 0.677. The standard InChI is InChI=1S/C8H10BFO3/c1-6-2-3-8(10)4-7(6)5-13-9(11)12/h2-4,11-12H,5H2,1H3. The average molecular weight is 184 g/mol. The second-order valence-corrected chi connectivity index (χ2v) is 2.71. The zero-order valence-corrected chi connectivity index (χ0v) is 7.20. The molecule has 1 rings (SSSR count). The van der Waals surface area contributed by atoms with Gasteiger partial charge in [-0.15, -0.1) is 0 Å². The smallest absolute Gasteiger partial charge is 0.402 e. The molecule has 0 aromatic heterocycles. The molecule has 0 unspecified atom stereocenters. The van der Waals surface area contributed by atoms with Gasteiger partial charge in [-0.3, -0.25) is 0 Å². The van der Waals surface area contributed by atoms with Crippen LogP contribution in [0.3, 0.4) is 0 Å². The van der Waals surface area contributed by atoms with Gasteiger partial charge in [-0.2, -0.15) is 0 Å². The third-order valence-corrected chi connectivity index (χ3v) is 1.70. The van der Waals surface area contributed by atoms with Crippen LogP contribution >= 0.6 is 0 Å². The molecule has 0 saturated carbocycles. The van der Waals surface area contributed by atoms with Crippen LogP contribution in [0.25, 0.3) is 0 Å². The zero-order chi connectivity index (χ0) is 9.84. The summed E-state index contributed by atoms with van der Waals surface area (Å²) >= 11 is 0. The van der Waals surface area contributed by atoms with Crippen LogP contribution in [0.1, 0.15) is 11.1 Å². The summed E-state index contributed by atoms with van der Waals surface area (Å²) in [5, 5.41) is 16.8. The summed E-state index contributed by atoms with van der Waals surface area (Å²) in [4.78, 5) is 0. The van der Waals surface area contributed by atoms with Crippen molar-refractivity contribution >= 4 is 7.32 Å². The van der Waals surface area contributed by atoms with Gasteiger partial charge in [0.15, 0.2) is 0 Å². The highest BCUT2D eigenvalue weighted by Crippen LogP contribution is 2.11. The number of hydrogen-bond acceptors (Lipinski definition) is 3. The summed E-state index contributed by atoms with van der Waals surface area (Å²) in [7, 11) is -1.82. The van der Waals surface area contributed by atoms with Crippen LogP contribution in [-0.2, 0) is 11.3 Å².